The average Bonchev–Trinajstić information content (AvgIpc) is 3.21. The molecule has 1 saturated carbocycles. The van der Waals surface area contributed by atoms with E-state index < -0.39 is 11.9 Å². The summed E-state index contributed by atoms with van der Waals surface area (Å²) < 4.78 is 10.4. The second-order valence-corrected chi connectivity index (χ2v) is 7.30. The molecule has 1 saturated heterocycles. The van der Waals surface area contributed by atoms with E-state index in [4.69, 9.17) is 9.47 Å². The Morgan fingerprint density at radius 1 is 1.19 bits per heavy atom. The van der Waals surface area contributed by atoms with Gasteiger partial charge in [0, 0.05) is 18.7 Å². The van der Waals surface area contributed by atoms with Crippen LogP contribution in [0.5, 0.6) is 5.75 Å². The largest absolute Gasteiger partial charge is 0.496 e. The lowest BCUT2D eigenvalue weighted by molar-refractivity contribution is -0.160. The molecule has 0 atom stereocenters. The molecular formula is C22H29NO4. The van der Waals surface area contributed by atoms with Crippen molar-refractivity contribution in [2.75, 3.05) is 26.8 Å². The summed E-state index contributed by atoms with van der Waals surface area (Å²) in [6.45, 7) is 3.11. The molecule has 5 heteroatoms. The molecule has 0 spiro atoms. The van der Waals surface area contributed by atoms with E-state index in [1.165, 1.54) is 36.8 Å². The summed E-state index contributed by atoms with van der Waals surface area (Å²) in [5.74, 6) is 0.0403. The van der Waals surface area contributed by atoms with Crippen molar-refractivity contribution < 1.29 is 19.1 Å². The lowest BCUT2D eigenvalue weighted by Crippen LogP contribution is -2.42. The SMILES string of the molecule is CCOC(=O)C(=O)N1CCC(c2ccc(OC)c(C=C3CCCC3)c2)CC1. The summed E-state index contributed by atoms with van der Waals surface area (Å²) >= 11 is 0. The summed E-state index contributed by atoms with van der Waals surface area (Å²) in [5.41, 5.74) is 3.93. The third-order valence-corrected chi connectivity index (χ3v) is 5.56. The van der Waals surface area contributed by atoms with Gasteiger partial charge in [-0.15, -0.1) is 0 Å². The monoisotopic (exact) mass is 371 g/mol. The van der Waals surface area contributed by atoms with E-state index in [1.807, 2.05) is 6.07 Å². The van der Waals surface area contributed by atoms with E-state index in [0.29, 0.717) is 19.0 Å². The van der Waals surface area contributed by atoms with Crippen LogP contribution in [0.4, 0.5) is 0 Å². The standard InChI is InChI=1S/C22H29NO4/c1-3-27-22(25)21(24)23-12-10-17(11-13-23)18-8-9-20(26-2)19(15-18)14-16-6-4-5-7-16/h8-9,14-15,17H,3-7,10-13H2,1-2H3. The number of amides is 1. The van der Waals surface area contributed by atoms with Crippen LogP contribution < -0.4 is 4.74 Å². The first-order chi connectivity index (χ1) is 13.1. The quantitative estimate of drug-likeness (QED) is 0.595. The number of esters is 1. The Bertz CT molecular complexity index is 709. The molecule has 0 radical (unpaired) electrons. The molecule has 0 aromatic heterocycles. The van der Waals surface area contributed by atoms with Crippen molar-refractivity contribution in [1.82, 2.24) is 4.90 Å². The van der Waals surface area contributed by atoms with Crippen LogP contribution in [0.25, 0.3) is 6.08 Å². The van der Waals surface area contributed by atoms with Crippen LogP contribution in [0.1, 0.15) is 62.5 Å². The van der Waals surface area contributed by atoms with Crippen LogP contribution in [0.2, 0.25) is 0 Å². The number of hydrogen-bond donors (Lipinski definition) is 0. The van der Waals surface area contributed by atoms with E-state index in [0.717, 1.165) is 24.2 Å². The first-order valence-electron chi connectivity index (χ1n) is 9.95. The van der Waals surface area contributed by atoms with Gasteiger partial charge in [-0.2, -0.15) is 0 Å². The molecule has 0 bridgehead atoms. The van der Waals surface area contributed by atoms with Crippen molar-refractivity contribution in [1.29, 1.82) is 0 Å². The number of allylic oxidation sites excluding steroid dienone is 1. The molecule has 3 rings (SSSR count). The zero-order valence-corrected chi connectivity index (χ0v) is 16.3. The summed E-state index contributed by atoms with van der Waals surface area (Å²) in [6.07, 6.45) is 8.92. The normalized spacial score (nSPS) is 17.7. The number of nitrogens with zero attached hydrogens (tertiary/aromatic N) is 1. The smallest absolute Gasteiger partial charge is 0.397 e. The third kappa shape index (κ3) is 4.71. The highest BCUT2D eigenvalue weighted by Crippen LogP contribution is 2.34. The number of carbonyl (C=O) groups is 2. The van der Waals surface area contributed by atoms with Gasteiger partial charge in [0.25, 0.3) is 0 Å². The van der Waals surface area contributed by atoms with Gasteiger partial charge >= 0.3 is 11.9 Å². The maximum absolute atomic E-state index is 12.1. The van der Waals surface area contributed by atoms with Gasteiger partial charge in [0.05, 0.1) is 13.7 Å². The van der Waals surface area contributed by atoms with Gasteiger partial charge in [0.2, 0.25) is 0 Å². The van der Waals surface area contributed by atoms with E-state index in [-0.39, 0.29) is 6.61 Å². The van der Waals surface area contributed by atoms with E-state index >= 15 is 0 Å². The first-order valence-corrected chi connectivity index (χ1v) is 9.95. The second kappa shape index (κ2) is 9.07. The summed E-state index contributed by atoms with van der Waals surface area (Å²) in [7, 11) is 1.71. The summed E-state index contributed by atoms with van der Waals surface area (Å²) in [6, 6.07) is 6.41. The predicted octanol–water partition coefficient (Wildman–Crippen LogP) is 3.92. The zero-order valence-electron chi connectivity index (χ0n) is 16.3. The Morgan fingerprint density at radius 2 is 1.89 bits per heavy atom. The van der Waals surface area contributed by atoms with Crippen molar-refractivity contribution in [3.05, 3.63) is 34.9 Å². The number of benzene rings is 1. The van der Waals surface area contributed by atoms with Crippen molar-refractivity contribution in [2.45, 2.75) is 51.4 Å². The van der Waals surface area contributed by atoms with Crippen LogP contribution in [-0.2, 0) is 14.3 Å². The molecule has 0 unspecified atom stereocenters. The fourth-order valence-corrected chi connectivity index (χ4v) is 4.05. The van der Waals surface area contributed by atoms with Crippen LogP contribution in [0, 0.1) is 0 Å². The zero-order chi connectivity index (χ0) is 19.2. The topological polar surface area (TPSA) is 55.8 Å². The number of ether oxygens (including phenoxy) is 2. The van der Waals surface area contributed by atoms with Crippen LogP contribution in [-0.4, -0.2) is 43.6 Å². The Kier molecular flexibility index (Phi) is 6.54. The van der Waals surface area contributed by atoms with Crippen LogP contribution in [0.3, 0.4) is 0 Å². The fraction of sp³-hybridized carbons (Fsp3) is 0.545. The number of piperidine rings is 1. The molecule has 5 nitrogen and oxygen atoms in total. The number of carbonyl (C=O) groups excluding carboxylic acids is 2. The van der Waals surface area contributed by atoms with Gasteiger partial charge in [-0.3, -0.25) is 4.79 Å². The highest BCUT2D eigenvalue weighted by atomic mass is 16.5. The highest BCUT2D eigenvalue weighted by Gasteiger charge is 2.28. The van der Waals surface area contributed by atoms with Crippen LogP contribution >= 0.6 is 0 Å². The van der Waals surface area contributed by atoms with Gasteiger partial charge in [0.1, 0.15) is 5.75 Å². The van der Waals surface area contributed by atoms with Crippen molar-refractivity contribution in [3.8, 4) is 5.75 Å². The molecule has 27 heavy (non-hydrogen) atoms. The summed E-state index contributed by atoms with van der Waals surface area (Å²) in [4.78, 5) is 25.3. The van der Waals surface area contributed by atoms with Crippen LogP contribution in [0.15, 0.2) is 23.8 Å². The van der Waals surface area contributed by atoms with Gasteiger partial charge in [-0.25, -0.2) is 4.79 Å². The Hall–Kier alpha value is -2.30. The minimum atomic E-state index is -0.745. The Balaban J connectivity index is 1.68. The Labute approximate surface area is 161 Å². The molecule has 1 heterocycles. The molecule has 2 fully saturated rings. The fourth-order valence-electron chi connectivity index (χ4n) is 4.05. The molecule has 146 valence electrons. The average molecular weight is 371 g/mol. The number of rotatable bonds is 4. The molecule has 1 aliphatic carbocycles. The number of likely N-dealkylation sites (tertiary alicyclic amines) is 1. The van der Waals surface area contributed by atoms with Gasteiger partial charge in [-0.1, -0.05) is 17.7 Å². The van der Waals surface area contributed by atoms with Gasteiger partial charge < -0.3 is 14.4 Å². The maximum atomic E-state index is 12.1. The first kappa shape index (κ1) is 19.5. The minimum absolute atomic E-state index is 0.227. The molecule has 1 aromatic rings. The number of hydrogen-bond acceptors (Lipinski definition) is 4. The van der Waals surface area contributed by atoms with Crippen molar-refractivity contribution in [2.24, 2.45) is 0 Å². The molecule has 1 amide bonds. The third-order valence-electron chi connectivity index (χ3n) is 5.56. The van der Waals surface area contributed by atoms with Crippen molar-refractivity contribution in [3.63, 3.8) is 0 Å². The highest BCUT2D eigenvalue weighted by molar-refractivity contribution is 6.32. The van der Waals surface area contributed by atoms with E-state index in [9.17, 15) is 9.59 Å². The van der Waals surface area contributed by atoms with Gasteiger partial charge in [0.15, 0.2) is 0 Å². The lowest BCUT2D eigenvalue weighted by atomic mass is 9.88. The van der Waals surface area contributed by atoms with E-state index in [2.05, 4.69) is 18.2 Å². The van der Waals surface area contributed by atoms with Gasteiger partial charge in [-0.05, 0) is 69.1 Å². The molecule has 0 N–H and O–H groups in total. The maximum Gasteiger partial charge on any atom is 0.397 e. The lowest BCUT2D eigenvalue weighted by Gasteiger charge is -2.31. The molecule has 1 aromatic carbocycles. The summed E-state index contributed by atoms with van der Waals surface area (Å²) in [5, 5.41) is 0. The predicted molar refractivity (Wildman–Crippen MR) is 105 cm³/mol. The number of methoxy groups -OCH3 is 1. The minimum Gasteiger partial charge on any atom is -0.496 e. The molecule has 2 aliphatic rings. The molecular weight excluding hydrogens is 342 g/mol. The Morgan fingerprint density at radius 3 is 2.52 bits per heavy atom. The van der Waals surface area contributed by atoms with Crippen molar-refractivity contribution >= 4 is 18.0 Å². The molecule has 1 aliphatic heterocycles. The second-order valence-electron chi connectivity index (χ2n) is 7.30. The van der Waals surface area contributed by atoms with E-state index in [1.54, 1.807) is 18.9 Å².